The molecule has 0 unspecified atom stereocenters. The number of nitrogens with zero attached hydrogens (tertiary/aromatic N) is 1. The van der Waals surface area contributed by atoms with Crippen molar-refractivity contribution in [1.29, 1.82) is 0 Å². The van der Waals surface area contributed by atoms with Gasteiger partial charge in [0.25, 0.3) is 0 Å². The Bertz CT molecular complexity index is 513. The van der Waals surface area contributed by atoms with Crippen LogP contribution in [0.15, 0.2) is 23.0 Å². The highest BCUT2D eigenvalue weighted by molar-refractivity contribution is 6.32. The molecule has 1 aromatic heterocycles. The molecule has 19 heavy (non-hydrogen) atoms. The van der Waals surface area contributed by atoms with Gasteiger partial charge < -0.3 is 14.5 Å². The number of nitrogens with one attached hydrogen (secondary N) is 1. The molecule has 0 bridgehead atoms. The third kappa shape index (κ3) is 2.99. The van der Waals surface area contributed by atoms with Crippen molar-refractivity contribution in [2.24, 2.45) is 10.4 Å². The summed E-state index contributed by atoms with van der Waals surface area (Å²) in [4.78, 5) is 7.76. The molecule has 0 saturated heterocycles. The first kappa shape index (κ1) is 14.1. The van der Waals surface area contributed by atoms with Gasteiger partial charge in [-0.15, -0.1) is 0 Å². The van der Waals surface area contributed by atoms with Crippen LogP contribution in [0.3, 0.4) is 0 Å². The first-order valence-corrected chi connectivity index (χ1v) is 6.25. The smallest absolute Gasteiger partial charge is 0.196 e. The number of aromatic amines is 1. The van der Waals surface area contributed by atoms with Crippen molar-refractivity contribution in [3.63, 3.8) is 0 Å². The summed E-state index contributed by atoms with van der Waals surface area (Å²) in [6.07, 6.45) is 4.23. The Kier molecular flexibility index (Phi) is 3.97. The van der Waals surface area contributed by atoms with Crippen LogP contribution in [0.2, 0.25) is 0 Å². The number of methoxy groups -OCH3 is 2. The molecular formula is C14H19BN2O2. The maximum atomic E-state index is 5.70. The van der Waals surface area contributed by atoms with E-state index in [0.717, 1.165) is 29.0 Å². The van der Waals surface area contributed by atoms with Crippen LogP contribution in [-0.2, 0) is 9.47 Å². The fourth-order valence-electron chi connectivity index (χ4n) is 2.28. The zero-order valence-corrected chi connectivity index (χ0v) is 11.9. The first-order chi connectivity index (χ1) is 8.96. The average molecular weight is 258 g/mol. The molecule has 1 aliphatic rings. The maximum Gasteiger partial charge on any atom is 0.196 e. The van der Waals surface area contributed by atoms with Crippen molar-refractivity contribution in [2.45, 2.75) is 26.6 Å². The molecule has 1 N–H and O–H groups in total. The maximum absolute atomic E-state index is 5.70. The van der Waals surface area contributed by atoms with E-state index < -0.39 is 0 Å². The highest BCUT2D eigenvalue weighted by Crippen LogP contribution is 2.39. The molecule has 0 aromatic carbocycles. The first-order valence-electron chi connectivity index (χ1n) is 6.25. The van der Waals surface area contributed by atoms with Crippen LogP contribution in [-0.4, -0.2) is 39.1 Å². The minimum absolute atomic E-state index is 0.0372. The zero-order valence-electron chi connectivity index (χ0n) is 11.9. The van der Waals surface area contributed by atoms with Crippen molar-refractivity contribution in [1.82, 2.24) is 4.98 Å². The fourth-order valence-corrected chi connectivity index (χ4v) is 2.28. The minimum Gasteiger partial charge on any atom is -0.362 e. The standard InChI is InChI=1S/C14H19BN2O2/c1-14(2)7-11(13(18-3)19-4)17-12(14)6-10-5-9(15)8-16-10/h5-6,8,13,16H,7H2,1-4H3/b12-6-. The van der Waals surface area contributed by atoms with Crippen LogP contribution in [0.4, 0.5) is 0 Å². The lowest BCUT2D eigenvalue weighted by atomic mass is 9.86. The van der Waals surface area contributed by atoms with Crippen LogP contribution in [0.25, 0.3) is 6.08 Å². The summed E-state index contributed by atoms with van der Waals surface area (Å²) in [6, 6.07) is 1.89. The SMILES string of the molecule is [B]c1c[nH]c(/C=C2\N=C(C(OC)OC)CC2(C)C)c1. The second-order valence-corrected chi connectivity index (χ2v) is 5.39. The Morgan fingerprint density at radius 2 is 2.11 bits per heavy atom. The number of hydrogen-bond donors (Lipinski definition) is 1. The molecule has 0 saturated carbocycles. The van der Waals surface area contributed by atoms with Gasteiger partial charge in [0.1, 0.15) is 7.85 Å². The molecular weight excluding hydrogens is 239 g/mol. The lowest BCUT2D eigenvalue weighted by Gasteiger charge is -2.19. The van der Waals surface area contributed by atoms with Crippen molar-refractivity contribution in [2.75, 3.05) is 14.2 Å². The third-order valence-corrected chi connectivity index (χ3v) is 3.30. The van der Waals surface area contributed by atoms with Crippen LogP contribution in [0, 0.1) is 5.41 Å². The summed E-state index contributed by atoms with van der Waals surface area (Å²) >= 11 is 0. The van der Waals surface area contributed by atoms with E-state index in [-0.39, 0.29) is 11.7 Å². The van der Waals surface area contributed by atoms with E-state index >= 15 is 0 Å². The molecule has 100 valence electrons. The third-order valence-electron chi connectivity index (χ3n) is 3.30. The summed E-state index contributed by atoms with van der Waals surface area (Å²) in [6.45, 7) is 4.31. The Morgan fingerprint density at radius 1 is 1.42 bits per heavy atom. The summed E-state index contributed by atoms with van der Waals surface area (Å²) in [5.41, 5.74) is 3.56. The van der Waals surface area contributed by atoms with Crippen LogP contribution < -0.4 is 5.46 Å². The number of aromatic nitrogens is 1. The molecule has 0 fully saturated rings. The summed E-state index contributed by atoms with van der Waals surface area (Å²) < 4.78 is 10.5. The monoisotopic (exact) mass is 258 g/mol. The van der Waals surface area contributed by atoms with Crippen molar-refractivity contribution < 1.29 is 9.47 Å². The highest BCUT2D eigenvalue weighted by Gasteiger charge is 2.35. The van der Waals surface area contributed by atoms with Crippen molar-refractivity contribution in [3.05, 3.63) is 23.7 Å². The molecule has 4 nitrogen and oxygen atoms in total. The molecule has 2 rings (SSSR count). The van der Waals surface area contributed by atoms with Gasteiger partial charge in [-0.1, -0.05) is 19.3 Å². The van der Waals surface area contributed by atoms with Gasteiger partial charge in [0.2, 0.25) is 0 Å². The second kappa shape index (κ2) is 5.35. The molecule has 2 heterocycles. The molecule has 0 spiro atoms. The van der Waals surface area contributed by atoms with Crippen LogP contribution in [0.1, 0.15) is 26.0 Å². The van der Waals surface area contributed by atoms with E-state index in [4.69, 9.17) is 17.3 Å². The Morgan fingerprint density at radius 3 is 2.63 bits per heavy atom. The fraction of sp³-hybridized carbons (Fsp3) is 0.500. The predicted octanol–water partition coefficient (Wildman–Crippen LogP) is 1.64. The molecule has 2 radical (unpaired) electrons. The lowest BCUT2D eigenvalue weighted by molar-refractivity contribution is -0.0532. The largest absolute Gasteiger partial charge is 0.362 e. The lowest BCUT2D eigenvalue weighted by Crippen LogP contribution is -2.25. The average Bonchev–Trinajstić information content (AvgIpc) is 2.86. The second-order valence-electron chi connectivity index (χ2n) is 5.39. The minimum atomic E-state index is -0.376. The number of hydrogen-bond acceptors (Lipinski definition) is 3. The van der Waals surface area contributed by atoms with Crippen molar-refractivity contribution >= 4 is 25.1 Å². The van der Waals surface area contributed by atoms with Gasteiger partial charge in [-0.3, -0.25) is 4.99 Å². The van der Waals surface area contributed by atoms with Gasteiger partial charge >= 0.3 is 0 Å². The normalized spacial score (nSPS) is 20.3. The summed E-state index contributed by atoms with van der Waals surface area (Å²) in [5.74, 6) is 0. The van der Waals surface area contributed by atoms with E-state index in [1.165, 1.54) is 0 Å². The van der Waals surface area contributed by atoms with Crippen molar-refractivity contribution in [3.8, 4) is 0 Å². The Hall–Kier alpha value is -1.33. The summed E-state index contributed by atoms with van der Waals surface area (Å²) in [7, 11) is 8.95. The number of allylic oxidation sites excluding steroid dienone is 1. The van der Waals surface area contributed by atoms with Gasteiger partial charge in [0, 0.05) is 37.4 Å². The van der Waals surface area contributed by atoms with Gasteiger partial charge in [-0.2, -0.15) is 0 Å². The van der Waals surface area contributed by atoms with E-state index in [1.807, 2.05) is 12.1 Å². The van der Waals surface area contributed by atoms with Gasteiger partial charge in [0.05, 0.1) is 5.71 Å². The van der Waals surface area contributed by atoms with Crippen LogP contribution in [0.5, 0.6) is 0 Å². The number of ether oxygens (including phenoxy) is 2. The van der Waals surface area contributed by atoms with E-state index in [9.17, 15) is 0 Å². The van der Waals surface area contributed by atoms with Gasteiger partial charge in [-0.05, 0) is 18.3 Å². The highest BCUT2D eigenvalue weighted by atomic mass is 16.7. The molecule has 1 aromatic rings. The number of H-pyrrole nitrogens is 1. The van der Waals surface area contributed by atoms with E-state index in [2.05, 4.69) is 23.8 Å². The van der Waals surface area contributed by atoms with Gasteiger partial charge in [0.15, 0.2) is 6.29 Å². The molecule has 1 aliphatic heterocycles. The van der Waals surface area contributed by atoms with E-state index in [0.29, 0.717) is 0 Å². The molecule has 0 aliphatic carbocycles. The Balaban J connectivity index is 2.30. The summed E-state index contributed by atoms with van der Waals surface area (Å²) in [5, 5.41) is 0. The zero-order chi connectivity index (χ0) is 14.0. The Labute approximate surface area is 115 Å². The molecule has 0 atom stereocenters. The predicted molar refractivity (Wildman–Crippen MR) is 77.8 cm³/mol. The quantitative estimate of drug-likeness (QED) is 0.659. The van der Waals surface area contributed by atoms with Gasteiger partial charge in [-0.25, -0.2) is 0 Å². The number of rotatable bonds is 4. The number of aliphatic imine (C=N–C) groups is 1. The van der Waals surface area contributed by atoms with E-state index in [1.54, 1.807) is 20.4 Å². The molecule has 0 amide bonds. The van der Waals surface area contributed by atoms with Crippen LogP contribution >= 0.6 is 0 Å². The molecule has 5 heteroatoms. The topological polar surface area (TPSA) is 46.6 Å².